The molecule has 1 saturated heterocycles. The predicted molar refractivity (Wildman–Crippen MR) is 127 cm³/mol. The second-order valence-electron chi connectivity index (χ2n) is 8.88. The topological polar surface area (TPSA) is 65.3 Å². The number of rotatable bonds is 6. The fourth-order valence-corrected chi connectivity index (χ4v) is 5.66. The molecule has 2 aromatic carbocycles. The van der Waals surface area contributed by atoms with Crippen LogP contribution in [-0.2, 0) is 0 Å². The number of halogens is 3. The van der Waals surface area contributed by atoms with Gasteiger partial charge in [0.15, 0.2) is 5.82 Å². The highest BCUT2D eigenvalue weighted by molar-refractivity contribution is 7.99. The molecule has 6 nitrogen and oxygen atoms in total. The van der Waals surface area contributed by atoms with Gasteiger partial charge in [-0.2, -0.15) is 20.5 Å². The minimum atomic E-state index is -3.02. The number of ether oxygens (including phenoxy) is 1. The zero-order chi connectivity index (χ0) is 24.6. The lowest BCUT2D eigenvalue weighted by Crippen LogP contribution is -2.48. The second-order valence-corrected chi connectivity index (χ2v) is 10.1. The van der Waals surface area contributed by atoms with E-state index in [9.17, 15) is 18.4 Å². The third-order valence-electron chi connectivity index (χ3n) is 6.05. The maximum Gasteiger partial charge on any atom is 0.387 e. The molecule has 0 spiro atoms. The third kappa shape index (κ3) is 4.55. The molecule has 1 aromatic heterocycles. The highest BCUT2D eigenvalue weighted by Crippen LogP contribution is 2.29. The molecule has 0 radical (unpaired) electrons. The molecule has 1 amide bonds. The Morgan fingerprint density at radius 3 is 2.53 bits per heavy atom. The largest absolute Gasteiger partial charge is 0.435 e. The molecule has 1 N–H and O–H groups in total. The van der Waals surface area contributed by atoms with E-state index in [0.717, 1.165) is 24.3 Å². The first-order valence-electron chi connectivity index (χ1n) is 11.0. The Kier molecular flexibility index (Phi) is 6.71. The van der Waals surface area contributed by atoms with Crippen LogP contribution < -0.4 is 15.7 Å². The molecular weight excluding hydrogens is 467 g/mol. The van der Waals surface area contributed by atoms with Gasteiger partial charge in [-0.1, -0.05) is 6.07 Å². The lowest BCUT2D eigenvalue weighted by Gasteiger charge is -2.34. The highest BCUT2D eigenvalue weighted by atomic mass is 32.2. The molecule has 1 aliphatic heterocycles. The maximum absolute atomic E-state index is 15.8. The van der Waals surface area contributed by atoms with Crippen LogP contribution in [0.15, 0.2) is 41.2 Å². The molecule has 0 unspecified atom stereocenters. The van der Waals surface area contributed by atoms with Crippen LogP contribution in [0.1, 0.15) is 50.0 Å². The molecule has 0 atom stereocenters. The first-order chi connectivity index (χ1) is 16.1. The van der Waals surface area contributed by atoms with Crippen molar-refractivity contribution >= 4 is 28.7 Å². The van der Waals surface area contributed by atoms with E-state index in [-0.39, 0.29) is 28.0 Å². The summed E-state index contributed by atoms with van der Waals surface area (Å²) in [7, 11) is 0. The van der Waals surface area contributed by atoms with Crippen molar-refractivity contribution in [3.63, 3.8) is 0 Å². The average molecular weight is 494 g/mol. The lowest BCUT2D eigenvalue weighted by atomic mass is 9.94. The first-order valence-corrected chi connectivity index (χ1v) is 12.2. The molecule has 0 saturated carbocycles. The van der Waals surface area contributed by atoms with Gasteiger partial charge in [-0.25, -0.2) is 9.18 Å². The monoisotopic (exact) mass is 493 g/mol. The molecule has 34 heavy (non-hydrogen) atoms. The Morgan fingerprint density at radius 2 is 1.88 bits per heavy atom. The molecule has 3 aromatic rings. The number of nitrogens with one attached hydrogen (secondary N) is 1. The first kappa shape index (κ1) is 24.3. The van der Waals surface area contributed by atoms with E-state index in [1.807, 2.05) is 18.7 Å². The fraction of sp³-hybridized carbons (Fsp3) is 0.417. The van der Waals surface area contributed by atoms with Crippen molar-refractivity contribution in [2.75, 3.05) is 11.5 Å². The van der Waals surface area contributed by atoms with Gasteiger partial charge in [0, 0.05) is 17.6 Å². The van der Waals surface area contributed by atoms with E-state index < -0.39 is 35.6 Å². The minimum absolute atomic E-state index is 0.0165. The van der Waals surface area contributed by atoms with Gasteiger partial charge in [-0.3, -0.25) is 13.9 Å². The number of carbonyl (C=O) groups excluding carboxylic acids is 1. The van der Waals surface area contributed by atoms with Gasteiger partial charge in [0.05, 0.1) is 16.8 Å². The molecular formula is C24H26F3N3O3S. The lowest BCUT2D eigenvalue weighted by molar-refractivity contribution is -0.0498. The number of hydrogen-bond acceptors (Lipinski definition) is 4. The second kappa shape index (κ2) is 9.40. The minimum Gasteiger partial charge on any atom is -0.435 e. The smallest absolute Gasteiger partial charge is 0.387 e. The van der Waals surface area contributed by atoms with Gasteiger partial charge in [-0.05, 0) is 69.4 Å². The number of alkyl halides is 2. The zero-order valence-corrected chi connectivity index (χ0v) is 19.9. The summed E-state index contributed by atoms with van der Waals surface area (Å²) in [6.07, 6.45) is 1.58. The number of nitrogens with zero attached hydrogens (tertiary/aromatic N) is 2. The standard InChI is InChI=1S/C24H26F3N3O3S/c1-14(2)29-20-18(30(23(29)32)15-5-4-6-16(13-15)33-22(26)27)8-7-17(19(20)25)21(31)28-24(3)9-11-34-12-10-24/h4-8,13-14,22H,9-12H2,1-3H3,(H,28,31). The molecule has 1 fully saturated rings. The zero-order valence-electron chi connectivity index (χ0n) is 19.1. The van der Waals surface area contributed by atoms with E-state index in [2.05, 4.69) is 10.1 Å². The molecule has 0 bridgehead atoms. The number of thioether (sulfide) groups is 1. The van der Waals surface area contributed by atoms with E-state index >= 15 is 4.39 Å². The summed E-state index contributed by atoms with van der Waals surface area (Å²) in [5, 5.41) is 2.97. The van der Waals surface area contributed by atoms with Crippen molar-refractivity contribution in [2.45, 2.75) is 51.8 Å². The Labute approximate surface area is 199 Å². The summed E-state index contributed by atoms with van der Waals surface area (Å²) in [5.41, 5.74) is -0.658. The van der Waals surface area contributed by atoms with E-state index in [1.165, 1.54) is 39.5 Å². The van der Waals surface area contributed by atoms with Crippen molar-refractivity contribution in [3.8, 4) is 11.4 Å². The van der Waals surface area contributed by atoms with Crippen molar-refractivity contribution in [1.29, 1.82) is 0 Å². The summed E-state index contributed by atoms with van der Waals surface area (Å²) in [6.45, 7) is 2.39. The van der Waals surface area contributed by atoms with Crippen molar-refractivity contribution < 1.29 is 22.7 Å². The molecule has 2 heterocycles. The van der Waals surface area contributed by atoms with Gasteiger partial charge in [-0.15, -0.1) is 0 Å². The van der Waals surface area contributed by atoms with Gasteiger partial charge in [0.25, 0.3) is 5.91 Å². The number of aromatic nitrogens is 2. The van der Waals surface area contributed by atoms with E-state index in [0.29, 0.717) is 0 Å². The van der Waals surface area contributed by atoms with Crippen LogP contribution in [-0.4, -0.2) is 38.7 Å². The number of carbonyl (C=O) groups is 1. The normalized spacial score (nSPS) is 15.8. The number of amides is 1. The van der Waals surface area contributed by atoms with Gasteiger partial charge in [0.1, 0.15) is 11.3 Å². The molecule has 182 valence electrons. The van der Waals surface area contributed by atoms with E-state index in [1.54, 1.807) is 19.9 Å². The number of benzene rings is 2. The molecule has 4 rings (SSSR count). The van der Waals surface area contributed by atoms with Crippen LogP contribution in [0.5, 0.6) is 5.75 Å². The van der Waals surface area contributed by atoms with Crippen LogP contribution >= 0.6 is 11.8 Å². The van der Waals surface area contributed by atoms with Gasteiger partial charge < -0.3 is 10.1 Å². The SMILES string of the molecule is CC(C)n1c(=O)n(-c2cccc(OC(F)F)c2)c2ccc(C(=O)NC3(C)CCSCC3)c(F)c21. The molecule has 10 heteroatoms. The van der Waals surface area contributed by atoms with Crippen molar-refractivity contribution in [1.82, 2.24) is 14.5 Å². The Bertz CT molecular complexity index is 1280. The van der Waals surface area contributed by atoms with Crippen molar-refractivity contribution in [3.05, 3.63) is 58.3 Å². The number of imidazole rings is 1. The molecule has 1 aliphatic rings. The Hall–Kier alpha value is -2.88. The van der Waals surface area contributed by atoms with Crippen LogP contribution in [0.4, 0.5) is 13.2 Å². The number of fused-ring (bicyclic) bond motifs is 1. The summed E-state index contributed by atoms with van der Waals surface area (Å²) in [5.74, 6) is 0.384. The van der Waals surface area contributed by atoms with Crippen molar-refractivity contribution in [2.24, 2.45) is 0 Å². The summed E-state index contributed by atoms with van der Waals surface area (Å²) in [6, 6.07) is 8.09. The summed E-state index contributed by atoms with van der Waals surface area (Å²) >= 11 is 1.82. The van der Waals surface area contributed by atoms with Crippen LogP contribution in [0.2, 0.25) is 0 Å². The molecule has 0 aliphatic carbocycles. The van der Waals surface area contributed by atoms with E-state index in [4.69, 9.17) is 0 Å². The Balaban J connectivity index is 1.83. The van der Waals surface area contributed by atoms with Crippen LogP contribution in [0.25, 0.3) is 16.7 Å². The fourth-order valence-electron chi connectivity index (χ4n) is 4.26. The van der Waals surface area contributed by atoms with Crippen LogP contribution in [0.3, 0.4) is 0 Å². The third-order valence-corrected chi connectivity index (χ3v) is 7.03. The quantitative estimate of drug-likeness (QED) is 0.517. The highest BCUT2D eigenvalue weighted by Gasteiger charge is 2.31. The summed E-state index contributed by atoms with van der Waals surface area (Å²) < 4.78 is 48.1. The van der Waals surface area contributed by atoms with Gasteiger partial charge >= 0.3 is 12.3 Å². The Morgan fingerprint density at radius 1 is 1.18 bits per heavy atom. The number of hydrogen-bond donors (Lipinski definition) is 1. The predicted octanol–water partition coefficient (Wildman–Crippen LogP) is 5.13. The van der Waals surface area contributed by atoms with Gasteiger partial charge in [0.2, 0.25) is 0 Å². The van der Waals surface area contributed by atoms with Crippen LogP contribution in [0, 0.1) is 5.82 Å². The summed E-state index contributed by atoms with van der Waals surface area (Å²) in [4.78, 5) is 26.4. The maximum atomic E-state index is 15.8. The average Bonchev–Trinajstić information content (AvgIpc) is 3.06.